The second-order valence-electron chi connectivity index (χ2n) is 9.83. The van der Waals surface area contributed by atoms with E-state index in [0.717, 1.165) is 36.8 Å². The van der Waals surface area contributed by atoms with Gasteiger partial charge in [-0.1, -0.05) is 18.2 Å². The molecule has 7 nitrogen and oxygen atoms in total. The van der Waals surface area contributed by atoms with Crippen molar-refractivity contribution in [2.45, 2.75) is 63.4 Å². The van der Waals surface area contributed by atoms with Crippen LogP contribution in [0.5, 0.6) is 11.5 Å². The van der Waals surface area contributed by atoms with Gasteiger partial charge in [0.1, 0.15) is 17.5 Å². The van der Waals surface area contributed by atoms with E-state index in [4.69, 9.17) is 4.74 Å². The second kappa shape index (κ2) is 10.1. The van der Waals surface area contributed by atoms with Gasteiger partial charge in [0, 0.05) is 17.5 Å². The molecule has 2 aromatic carbocycles. The van der Waals surface area contributed by atoms with Crippen LogP contribution in [0.3, 0.4) is 0 Å². The van der Waals surface area contributed by atoms with Crippen molar-refractivity contribution in [3.8, 4) is 11.5 Å². The number of carbonyl (C=O) groups excluding carboxylic acids is 3. The molecule has 3 amide bonds. The summed E-state index contributed by atoms with van der Waals surface area (Å²) in [6.45, 7) is 0.756. The molecule has 37 heavy (non-hydrogen) atoms. The van der Waals surface area contributed by atoms with Gasteiger partial charge in [0.2, 0.25) is 11.8 Å². The third-order valence-electron chi connectivity index (χ3n) is 7.45. The topological polar surface area (TPSA) is 84.9 Å². The molecule has 0 bridgehead atoms. The van der Waals surface area contributed by atoms with Crippen LogP contribution >= 0.6 is 0 Å². The number of amides is 3. The maximum atomic E-state index is 13.0. The van der Waals surface area contributed by atoms with Gasteiger partial charge in [0.25, 0.3) is 5.91 Å². The Bertz CT molecular complexity index is 1190. The summed E-state index contributed by atoms with van der Waals surface area (Å²) in [5.74, 6) is 0.00412. The first-order chi connectivity index (χ1) is 17.7. The number of rotatable bonds is 6. The van der Waals surface area contributed by atoms with Gasteiger partial charge in [0.15, 0.2) is 0 Å². The average molecular weight is 517 g/mol. The van der Waals surface area contributed by atoms with E-state index in [2.05, 4.69) is 10.1 Å². The minimum atomic E-state index is -4.70. The van der Waals surface area contributed by atoms with Gasteiger partial charge in [-0.3, -0.25) is 19.7 Å². The molecule has 5 rings (SSSR count). The summed E-state index contributed by atoms with van der Waals surface area (Å²) < 4.78 is 47.3. The Hall–Kier alpha value is -3.56. The number of nitrogens with zero attached hydrogens (tertiary/aromatic N) is 1. The molecule has 196 valence electrons. The molecule has 1 saturated heterocycles. The monoisotopic (exact) mass is 516 g/mol. The first-order valence-corrected chi connectivity index (χ1v) is 12.4. The zero-order valence-corrected chi connectivity index (χ0v) is 20.1. The fourth-order valence-corrected chi connectivity index (χ4v) is 5.50. The molecular weight excluding hydrogens is 489 g/mol. The predicted octanol–water partition coefficient (Wildman–Crippen LogP) is 4.70. The smallest absolute Gasteiger partial charge is 0.493 e. The van der Waals surface area contributed by atoms with Crippen LogP contribution in [0.2, 0.25) is 0 Å². The van der Waals surface area contributed by atoms with Crippen molar-refractivity contribution in [1.29, 1.82) is 0 Å². The zero-order valence-electron chi connectivity index (χ0n) is 20.1. The number of piperidine rings is 1. The van der Waals surface area contributed by atoms with Crippen LogP contribution in [-0.2, 0) is 16.1 Å². The molecule has 10 heteroatoms. The summed E-state index contributed by atoms with van der Waals surface area (Å²) in [7, 11) is 0. The Morgan fingerprint density at radius 1 is 0.946 bits per heavy atom. The Labute approximate surface area is 211 Å². The number of ether oxygens (including phenoxy) is 2. The first-order valence-electron chi connectivity index (χ1n) is 12.4. The number of fused-ring (bicyclic) bond motifs is 1. The number of imide groups is 1. The van der Waals surface area contributed by atoms with E-state index in [1.54, 1.807) is 24.3 Å². The third-order valence-corrected chi connectivity index (χ3v) is 7.45. The van der Waals surface area contributed by atoms with Crippen LogP contribution in [-0.4, -0.2) is 41.6 Å². The molecule has 0 spiro atoms. The minimum Gasteiger partial charge on any atom is -0.493 e. The van der Waals surface area contributed by atoms with Crippen molar-refractivity contribution in [3.63, 3.8) is 0 Å². The molecule has 1 unspecified atom stereocenters. The molecular formula is C27H27F3N2O5. The van der Waals surface area contributed by atoms with E-state index in [-0.39, 0.29) is 36.4 Å². The number of nitrogens with one attached hydrogen (secondary N) is 1. The molecule has 2 fully saturated rings. The lowest BCUT2D eigenvalue weighted by molar-refractivity contribution is -0.274. The average Bonchev–Trinajstić information content (AvgIpc) is 3.19. The number of carbonyl (C=O) groups is 3. The van der Waals surface area contributed by atoms with Crippen LogP contribution in [0.4, 0.5) is 13.2 Å². The van der Waals surface area contributed by atoms with Crippen molar-refractivity contribution in [3.05, 3.63) is 59.2 Å². The molecule has 2 aromatic rings. The SMILES string of the molecule is O=C1CCC(N2Cc3c(OCC4CCC(c5ccc(OC(F)(F)F)cc5)CC4)cccc3C2=O)C(=O)N1. The van der Waals surface area contributed by atoms with Gasteiger partial charge in [-0.05, 0) is 73.8 Å². The highest BCUT2D eigenvalue weighted by atomic mass is 19.4. The highest BCUT2D eigenvalue weighted by Crippen LogP contribution is 2.38. The van der Waals surface area contributed by atoms with Crippen LogP contribution in [0.25, 0.3) is 0 Å². The van der Waals surface area contributed by atoms with E-state index in [1.165, 1.54) is 17.0 Å². The van der Waals surface area contributed by atoms with Gasteiger partial charge in [0.05, 0.1) is 13.2 Å². The number of hydrogen-bond donors (Lipinski definition) is 1. The molecule has 1 saturated carbocycles. The Morgan fingerprint density at radius 2 is 1.68 bits per heavy atom. The molecule has 0 aromatic heterocycles. The number of halogens is 3. The summed E-state index contributed by atoms with van der Waals surface area (Å²) in [6, 6.07) is 10.8. The summed E-state index contributed by atoms with van der Waals surface area (Å²) >= 11 is 0. The summed E-state index contributed by atoms with van der Waals surface area (Å²) in [6.07, 6.45) is -0.543. The lowest BCUT2D eigenvalue weighted by atomic mass is 9.79. The Balaban J connectivity index is 1.15. The van der Waals surface area contributed by atoms with E-state index >= 15 is 0 Å². The molecule has 3 aliphatic rings. The zero-order chi connectivity index (χ0) is 26.2. The number of hydrogen-bond acceptors (Lipinski definition) is 5. The van der Waals surface area contributed by atoms with Crippen molar-refractivity contribution >= 4 is 17.7 Å². The van der Waals surface area contributed by atoms with Gasteiger partial charge in [-0.2, -0.15) is 0 Å². The van der Waals surface area contributed by atoms with E-state index < -0.39 is 18.3 Å². The summed E-state index contributed by atoms with van der Waals surface area (Å²) in [5, 5.41) is 2.31. The van der Waals surface area contributed by atoms with E-state index in [9.17, 15) is 27.6 Å². The molecule has 0 radical (unpaired) electrons. The van der Waals surface area contributed by atoms with Crippen LogP contribution in [0.1, 0.15) is 65.9 Å². The van der Waals surface area contributed by atoms with Crippen LogP contribution < -0.4 is 14.8 Å². The molecule has 1 N–H and O–H groups in total. The van der Waals surface area contributed by atoms with Gasteiger partial charge < -0.3 is 14.4 Å². The van der Waals surface area contributed by atoms with Crippen LogP contribution in [0.15, 0.2) is 42.5 Å². The highest BCUT2D eigenvalue weighted by molar-refractivity contribution is 6.05. The van der Waals surface area contributed by atoms with Gasteiger partial charge in [-0.15, -0.1) is 13.2 Å². The summed E-state index contributed by atoms with van der Waals surface area (Å²) in [5.41, 5.74) is 2.28. The predicted molar refractivity (Wildman–Crippen MR) is 126 cm³/mol. The maximum Gasteiger partial charge on any atom is 0.573 e. The third kappa shape index (κ3) is 5.57. The highest BCUT2D eigenvalue weighted by Gasteiger charge is 2.40. The normalized spacial score (nSPS) is 24.0. The lowest BCUT2D eigenvalue weighted by Gasteiger charge is -2.29. The van der Waals surface area contributed by atoms with Crippen molar-refractivity contribution in [1.82, 2.24) is 10.2 Å². The quantitative estimate of drug-likeness (QED) is 0.563. The lowest BCUT2D eigenvalue weighted by Crippen LogP contribution is -2.52. The Kier molecular flexibility index (Phi) is 6.83. The molecule has 2 heterocycles. The van der Waals surface area contributed by atoms with Gasteiger partial charge >= 0.3 is 6.36 Å². The Morgan fingerprint density at radius 3 is 2.35 bits per heavy atom. The second-order valence-corrected chi connectivity index (χ2v) is 9.83. The van der Waals surface area contributed by atoms with Crippen molar-refractivity contribution < 1.29 is 37.0 Å². The summed E-state index contributed by atoms with van der Waals surface area (Å²) in [4.78, 5) is 38.3. The fourth-order valence-electron chi connectivity index (χ4n) is 5.50. The molecule has 2 aliphatic heterocycles. The van der Waals surface area contributed by atoms with E-state index in [1.807, 2.05) is 6.07 Å². The fraction of sp³-hybridized carbons (Fsp3) is 0.444. The number of alkyl halides is 3. The van der Waals surface area contributed by atoms with Crippen LogP contribution in [0, 0.1) is 5.92 Å². The molecule has 1 aliphatic carbocycles. The number of benzene rings is 2. The van der Waals surface area contributed by atoms with Crippen molar-refractivity contribution in [2.75, 3.05) is 6.61 Å². The maximum absolute atomic E-state index is 13.0. The largest absolute Gasteiger partial charge is 0.573 e. The molecule has 1 atom stereocenters. The van der Waals surface area contributed by atoms with Gasteiger partial charge in [-0.25, -0.2) is 0 Å². The standard InChI is InChI=1S/C27H27F3N2O5/c28-27(29,30)37-19-10-8-18(9-11-19)17-6-4-16(5-7-17)15-36-23-3-1-2-20-21(23)14-32(26(20)35)22-12-13-24(33)31-25(22)34/h1-3,8-11,16-17,22H,4-7,12-15H2,(H,31,33,34). The first kappa shape index (κ1) is 25.1. The van der Waals surface area contributed by atoms with E-state index in [0.29, 0.717) is 30.3 Å². The van der Waals surface area contributed by atoms with Crippen molar-refractivity contribution in [2.24, 2.45) is 5.92 Å². The minimum absolute atomic E-state index is 0.202.